The van der Waals surface area contributed by atoms with Crippen LogP contribution < -0.4 is 10.6 Å². The fourth-order valence-corrected chi connectivity index (χ4v) is 4.31. The summed E-state index contributed by atoms with van der Waals surface area (Å²) < 4.78 is 14.0. The molecule has 32 heavy (non-hydrogen) atoms. The smallest absolute Gasteiger partial charge is 0.143 e. The van der Waals surface area contributed by atoms with Crippen LogP contribution in [0.25, 0.3) is 10.9 Å². The van der Waals surface area contributed by atoms with Gasteiger partial charge in [-0.05, 0) is 54.7 Å². The van der Waals surface area contributed by atoms with Crippen LogP contribution in [0.5, 0.6) is 0 Å². The number of pyridine rings is 2. The van der Waals surface area contributed by atoms with Crippen LogP contribution in [-0.4, -0.2) is 9.97 Å². The van der Waals surface area contributed by atoms with Crippen molar-refractivity contribution < 1.29 is 4.39 Å². The number of aromatic nitrogens is 2. The van der Waals surface area contributed by atoms with Gasteiger partial charge in [-0.3, -0.25) is 4.98 Å². The number of nitrogens with one attached hydrogen (secondary N) is 2. The first-order valence-electron chi connectivity index (χ1n) is 10.4. The van der Waals surface area contributed by atoms with E-state index in [0.29, 0.717) is 28.3 Å². The van der Waals surface area contributed by atoms with Crippen molar-refractivity contribution in [2.45, 2.75) is 25.3 Å². The summed E-state index contributed by atoms with van der Waals surface area (Å²) >= 11 is 5.80. The molecule has 0 fully saturated rings. The quantitative estimate of drug-likeness (QED) is 0.375. The Balaban J connectivity index is 1.54. The zero-order valence-corrected chi connectivity index (χ0v) is 17.8. The third-order valence-corrected chi connectivity index (χ3v) is 6.06. The number of halogens is 2. The summed E-state index contributed by atoms with van der Waals surface area (Å²) in [7, 11) is 0. The van der Waals surface area contributed by atoms with Crippen LogP contribution in [0.4, 0.5) is 21.6 Å². The first-order chi connectivity index (χ1) is 15.6. The summed E-state index contributed by atoms with van der Waals surface area (Å²) in [5.41, 5.74) is 4.68. The van der Waals surface area contributed by atoms with E-state index in [1.807, 2.05) is 6.07 Å². The Morgan fingerprint density at radius 1 is 1.09 bits per heavy atom. The summed E-state index contributed by atoms with van der Waals surface area (Å²) in [6.45, 7) is 0. The van der Waals surface area contributed by atoms with Crippen molar-refractivity contribution in [2.75, 3.05) is 10.6 Å². The lowest BCUT2D eigenvalue weighted by molar-refractivity contribution is 0.599. The highest BCUT2D eigenvalue weighted by atomic mass is 35.5. The molecule has 7 heteroatoms. The third kappa shape index (κ3) is 3.83. The number of benzene rings is 2. The molecule has 4 aromatic rings. The van der Waals surface area contributed by atoms with Gasteiger partial charge in [0.15, 0.2) is 0 Å². The van der Waals surface area contributed by atoms with Gasteiger partial charge in [0.25, 0.3) is 0 Å². The number of hydrogen-bond donors (Lipinski definition) is 2. The standard InChI is InChI=1S/C25H19ClFN5/c26-20-9-8-17(10-21(20)27)31-25-16(12-28)13-29-23-14-30-24(11-19(23)25)32-22-7-3-5-15-4-1-2-6-18(15)22/h1-2,4,6,8-11,13-14,22H,3,5,7H2,(H,29,31)(H,30,32)/t22-/m1/s1. The third-order valence-electron chi connectivity index (χ3n) is 5.76. The van der Waals surface area contributed by atoms with Crippen molar-refractivity contribution >= 4 is 39.7 Å². The highest BCUT2D eigenvalue weighted by molar-refractivity contribution is 6.30. The van der Waals surface area contributed by atoms with E-state index in [-0.39, 0.29) is 11.1 Å². The van der Waals surface area contributed by atoms with Crippen molar-refractivity contribution in [3.05, 3.63) is 88.5 Å². The number of nitrogens with zero attached hydrogens (tertiary/aromatic N) is 3. The van der Waals surface area contributed by atoms with Crippen molar-refractivity contribution in [3.63, 3.8) is 0 Å². The first kappa shape index (κ1) is 20.2. The molecule has 0 saturated carbocycles. The maximum absolute atomic E-state index is 14.0. The second-order valence-corrected chi connectivity index (χ2v) is 8.19. The number of nitriles is 1. The number of fused-ring (bicyclic) bond motifs is 2. The predicted octanol–water partition coefficient (Wildman–Crippen LogP) is 6.53. The molecule has 0 radical (unpaired) electrons. The maximum Gasteiger partial charge on any atom is 0.143 e. The predicted molar refractivity (Wildman–Crippen MR) is 125 cm³/mol. The molecule has 1 atom stereocenters. The molecule has 0 spiro atoms. The van der Waals surface area contributed by atoms with Gasteiger partial charge in [0, 0.05) is 17.3 Å². The van der Waals surface area contributed by atoms with Gasteiger partial charge in [-0.1, -0.05) is 35.9 Å². The highest BCUT2D eigenvalue weighted by Gasteiger charge is 2.20. The summed E-state index contributed by atoms with van der Waals surface area (Å²) in [5, 5.41) is 17.1. The number of anilines is 3. The van der Waals surface area contributed by atoms with Gasteiger partial charge >= 0.3 is 0 Å². The Kier molecular flexibility index (Phi) is 5.34. The van der Waals surface area contributed by atoms with E-state index in [0.717, 1.165) is 24.6 Å². The van der Waals surface area contributed by atoms with Gasteiger partial charge in [0.05, 0.1) is 34.0 Å². The molecule has 0 aliphatic heterocycles. The van der Waals surface area contributed by atoms with Gasteiger partial charge in [0.1, 0.15) is 17.7 Å². The minimum Gasteiger partial charge on any atom is -0.363 e. The molecule has 2 aromatic carbocycles. The van der Waals surface area contributed by atoms with E-state index in [4.69, 9.17) is 11.6 Å². The van der Waals surface area contributed by atoms with E-state index in [1.165, 1.54) is 29.5 Å². The van der Waals surface area contributed by atoms with E-state index >= 15 is 0 Å². The zero-order chi connectivity index (χ0) is 22.1. The molecular weight excluding hydrogens is 425 g/mol. The highest BCUT2D eigenvalue weighted by Crippen LogP contribution is 2.34. The summed E-state index contributed by atoms with van der Waals surface area (Å²) in [4.78, 5) is 8.90. The molecule has 2 heterocycles. The average molecular weight is 444 g/mol. The Labute approximate surface area is 189 Å². The van der Waals surface area contributed by atoms with Crippen LogP contribution in [0.1, 0.15) is 35.6 Å². The van der Waals surface area contributed by atoms with Crippen molar-refractivity contribution in [3.8, 4) is 6.07 Å². The van der Waals surface area contributed by atoms with Crippen molar-refractivity contribution in [1.82, 2.24) is 9.97 Å². The SMILES string of the molecule is N#Cc1cnc2cnc(N[C@@H]3CCCc4ccccc43)cc2c1Nc1ccc(Cl)c(F)c1. The van der Waals surface area contributed by atoms with E-state index < -0.39 is 5.82 Å². The Morgan fingerprint density at radius 3 is 2.81 bits per heavy atom. The Hall–Kier alpha value is -3.69. The van der Waals surface area contributed by atoms with Crippen LogP contribution in [0.2, 0.25) is 5.02 Å². The normalized spacial score (nSPS) is 15.1. The van der Waals surface area contributed by atoms with Gasteiger partial charge in [-0.2, -0.15) is 5.26 Å². The molecular formula is C25H19ClFN5. The fourth-order valence-electron chi connectivity index (χ4n) is 4.19. The van der Waals surface area contributed by atoms with E-state index in [2.05, 4.69) is 50.9 Å². The van der Waals surface area contributed by atoms with Crippen LogP contribution in [0.3, 0.4) is 0 Å². The second kappa shape index (κ2) is 8.45. The van der Waals surface area contributed by atoms with Crippen LogP contribution >= 0.6 is 11.6 Å². The van der Waals surface area contributed by atoms with Crippen LogP contribution in [0, 0.1) is 17.1 Å². The number of hydrogen-bond acceptors (Lipinski definition) is 5. The van der Waals surface area contributed by atoms with Crippen LogP contribution in [-0.2, 0) is 6.42 Å². The molecule has 0 bridgehead atoms. The number of aryl methyl sites for hydroxylation is 1. The molecule has 0 saturated heterocycles. The molecule has 1 aliphatic rings. The lowest BCUT2D eigenvalue weighted by Crippen LogP contribution is -2.17. The fraction of sp³-hybridized carbons (Fsp3) is 0.160. The molecule has 0 amide bonds. The topological polar surface area (TPSA) is 73.6 Å². The monoisotopic (exact) mass is 443 g/mol. The molecule has 5 nitrogen and oxygen atoms in total. The summed E-state index contributed by atoms with van der Waals surface area (Å²) in [6.07, 6.45) is 6.38. The molecule has 1 aliphatic carbocycles. The van der Waals surface area contributed by atoms with E-state index in [9.17, 15) is 9.65 Å². The van der Waals surface area contributed by atoms with Gasteiger partial charge in [0.2, 0.25) is 0 Å². The number of rotatable bonds is 4. The van der Waals surface area contributed by atoms with Crippen molar-refractivity contribution in [1.29, 1.82) is 5.26 Å². The maximum atomic E-state index is 14.0. The molecule has 2 aromatic heterocycles. The second-order valence-electron chi connectivity index (χ2n) is 7.79. The molecule has 2 N–H and O–H groups in total. The lowest BCUT2D eigenvalue weighted by atomic mass is 9.88. The van der Waals surface area contributed by atoms with Crippen molar-refractivity contribution in [2.24, 2.45) is 0 Å². The van der Waals surface area contributed by atoms with Gasteiger partial charge in [-0.25, -0.2) is 9.37 Å². The van der Waals surface area contributed by atoms with Gasteiger partial charge in [-0.15, -0.1) is 0 Å². The van der Waals surface area contributed by atoms with Crippen LogP contribution in [0.15, 0.2) is 60.9 Å². The first-order valence-corrected chi connectivity index (χ1v) is 10.8. The summed E-state index contributed by atoms with van der Waals surface area (Å²) in [5.74, 6) is 0.162. The largest absolute Gasteiger partial charge is 0.363 e. The van der Waals surface area contributed by atoms with Gasteiger partial charge < -0.3 is 10.6 Å². The minimum absolute atomic E-state index is 0.0408. The minimum atomic E-state index is -0.534. The zero-order valence-electron chi connectivity index (χ0n) is 17.1. The Bertz CT molecular complexity index is 1360. The molecule has 158 valence electrons. The lowest BCUT2D eigenvalue weighted by Gasteiger charge is -2.27. The average Bonchev–Trinajstić information content (AvgIpc) is 2.82. The van der Waals surface area contributed by atoms with E-state index in [1.54, 1.807) is 12.3 Å². The summed E-state index contributed by atoms with van der Waals surface area (Å²) in [6, 6.07) is 17.1. The molecule has 5 rings (SSSR count). The Morgan fingerprint density at radius 2 is 1.97 bits per heavy atom. The molecule has 0 unspecified atom stereocenters.